The lowest BCUT2D eigenvalue weighted by Crippen LogP contribution is -2.19. The fourth-order valence-corrected chi connectivity index (χ4v) is 3.26. The Labute approximate surface area is 166 Å². The monoisotopic (exact) mass is 408 g/mol. The molecule has 0 amide bonds. The van der Waals surface area contributed by atoms with E-state index >= 15 is 0 Å². The molecule has 0 atom stereocenters. The van der Waals surface area contributed by atoms with E-state index in [0.717, 1.165) is 19.3 Å². The van der Waals surface area contributed by atoms with Crippen LogP contribution >= 0.6 is 0 Å². The summed E-state index contributed by atoms with van der Waals surface area (Å²) in [5.74, 6) is -1.17. The molecule has 0 saturated carbocycles. The van der Waals surface area contributed by atoms with Gasteiger partial charge in [0.2, 0.25) is 0 Å². The van der Waals surface area contributed by atoms with Gasteiger partial charge in [0.1, 0.15) is 17.4 Å². The molecule has 3 aromatic rings. The Morgan fingerprint density at radius 3 is 2.14 bits per heavy atom. The van der Waals surface area contributed by atoms with Gasteiger partial charge in [0.15, 0.2) is 6.61 Å². The fraction of sp³-hybridized carbons (Fsp3) is 0.304. The average molecular weight is 408 g/mol. The third kappa shape index (κ3) is 5.46. The maximum Gasteiger partial charge on any atom is 0.422 e. The van der Waals surface area contributed by atoms with Crippen molar-refractivity contribution in [3.63, 3.8) is 0 Å². The highest BCUT2D eigenvalue weighted by molar-refractivity contribution is 5.88. The highest BCUT2D eigenvalue weighted by Gasteiger charge is 2.28. The first-order valence-electron chi connectivity index (χ1n) is 9.48. The number of benzene rings is 3. The Morgan fingerprint density at radius 1 is 0.828 bits per heavy atom. The zero-order chi connectivity index (χ0) is 21.0. The van der Waals surface area contributed by atoms with Crippen LogP contribution in [0.1, 0.15) is 31.7 Å². The molecule has 0 spiro atoms. The van der Waals surface area contributed by atoms with Crippen LogP contribution in [0.5, 0.6) is 5.75 Å². The van der Waals surface area contributed by atoms with E-state index in [1.807, 2.05) is 0 Å². The lowest BCUT2D eigenvalue weighted by molar-refractivity contribution is -0.153. The normalized spacial score (nSPS) is 11.8. The van der Waals surface area contributed by atoms with E-state index in [1.165, 1.54) is 24.3 Å². The van der Waals surface area contributed by atoms with Crippen molar-refractivity contribution in [2.45, 2.75) is 38.8 Å². The van der Waals surface area contributed by atoms with Crippen LogP contribution in [0.3, 0.4) is 0 Å². The smallest absolute Gasteiger partial charge is 0.422 e. The highest BCUT2D eigenvalue weighted by Crippen LogP contribution is 2.32. The van der Waals surface area contributed by atoms with Gasteiger partial charge in [-0.2, -0.15) is 13.2 Å². The van der Waals surface area contributed by atoms with Crippen LogP contribution in [0.25, 0.3) is 21.9 Å². The number of aryl methyl sites for hydroxylation is 1. The summed E-state index contributed by atoms with van der Waals surface area (Å²) in [7, 11) is 0. The van der Waals surface area contributed by atoms with Gasteiger partial charge in [0.25, 0.3) is 0 Å². The summed E-state index contributed by atoms with van der Waals surface area (Å²) in [6.45, 7) is 0.688. The van der Waals surface area contributed by atoms with Crippen molar-refractivity contribution in [2.75, 3.05) is 6.61 Å². The van der Waals surface area contributed by atoms with Crippen LogP contribution in [0.15, 0.2) is 48.5 Å². The molecule has 0 aliphatic carbocycles. The number of halogens is 5. The summed E-state index contributed by atoms with van der Waals surface area (Å²) in [5, 5.41) is 1.26. The molecule has 154 valence electrons. The Kier molecular flexibility index (Phi) is 6.40. The molecule has 0 saturated heterocycles. The van der Waals surface area contributed by atoms with Gasteiger partial charge in [0.05, 0.1) is 5.56 Å². The Hall–Kier alpha value is -2.63. The standard InChI is InChI=1S/C23H21F5O/c1-2-3-4-5-15-10-20(24)22(21(25)11-15)18-7-6-17-13-19(9-8-16(17)12-18)29-14-23(26,27)28/h6-13H,2-5,14H2,1H3. The van der Waals surface area contributed by atoms with Gasteiger partial charge in [-0.05, 0) is 65.1 Å². The lowest BCUT2D eigenvalue weighted by atomic mass is 9.97. The van der Waals surface area contributed by atoms with E-state index in [1.54, 1.807) is 24.3 Å². The van der Waals surface area contributed by atoms with Crippen LogP contribution < -0.4 is 4.74 Å². The van der Waals surface area contributed by atoms with Crippen molar-refractivity contribution in [3.05, 3.63) is 65.7 Å². The fourth-order valence-electron chi connectivity index (χ4n) is 3.26. The highest BCUT2D eigenvalue weighted by atomic mass is 19.4. The molecular formula is C23H21F5O. The first kappa shape index (κ1) is 21.1. The average Bonchev–Trinajstić information content (AvgIpc) is 2.65. The second-order valence-corrected chi connectivity index (χ2v) is 7.02. The molecule has 3 rings (SSSR count). The van der Waals surface area contributed by atoms with E-state index in [4.69, 9.17) is 4.74 Å². The van der Waals surface area contributed by atoms with E-state index < -0.39 is 24.4 Å². The van der Waals surface area contributed by atoms with E-state index in [9.17, 15) is 22.0 Å². The van der Waals surface area contributed by atoms with Crippen LogP contribution in [0, 0.1) is 11.6 Å². The van der Waals surface area contributed by atoms with Crippen molar-refractivity contribution >= 4 is 10.8 Å². The number of alkyl halides is 3. The van der Waals surface area contributed by atoms with Gasteiger partial charge in [0, 0.05) is 0 Å². The van der Waals surface area contributed by atoms with E-state index in [0.29, 0.717) is 28.3 Å². The predicted octanol–water partition coefficient (Wildman–Crippen LogP) is 7.46. The third-order valence-corrected chi connectivity index (χ3v) is 4.67. The predicted molar refractivity (Wildman–Crippen MR) is 104 cm³/mol. The molecule has 0 aliphatic heterocycles. The largest absolute Gasteiger partial charge is 0.484 e. The number of rotatable bonds is 7. The second-order valence-electron chi connectivity index (χ2n) is 7.02. The number of fused-ring (bicyclic) bond motifs is 1. The minimum absolute atomic E-state index is 0.0800. The van der Waals surface area contributed by atoms with Crippen LogP contribution in [-0.2, 0) is 6.42 Å². The van der Waals surface area contributed by atoms with Crippen molar-refractivity contribution in [3.8, 4) is 16.9 Å². The zero-order valence-corrected chi connectivity index (χ0v) is 16.0. The summed E-state index contributed by atoms with van der Waals surface area (Å²) in [5.41, 5.74) is 0.893. The summed E-state index contributed by atoms with van der Waals surface area (Å²) >= 11 is 0. The Morgan fingerprint density at radius 2 is 1.48 bits per heavy atom. The number of hydrogen-bond acceptors (Lipinski definition) is 1. The van der Waals surface area contributed by atoms with E-state index in [2.05, 4.69) is 6.92 Å². The molecule has 1 nitrogen and oxygen atoms in total. The van der Waals surface area contributed by atoms with Crippen molar-refractivity contribution in [1.29, 1.82) is 0 Å². The van der Waals surface area contributed by atoms with Gasteiger partial charge in [-0.3, -0.25) is 0 Å². The summed E-state index contributed by atoms with van der Waals surface area (Å²) in [6.07, 6.45) is -0.881. The molecule has 0 N–H and O–H groups in total. The summed E-state index contributed by atoms with van der Waals surface area (Å²) in [6, 6.07) is 11.9. The van der Waals surface area contributed by atoms with E-state index in [-0.39, 0.29) is 11.3 Å². The Bertz CT molecular complexity index is 971. The molecule has 29 heavy (non-hydrogen) atoms. The molecule has 3 aromatic carbocycles. The Balaban J connectivity index is 1.86. The molecule has 0 heterocycles. The SMILES string of the molecule is CCCCCc1cc(F)c(-c2ccc3cc(OCC(F)(F)F)ccc3c2)c(F)c1. The molecule has 0 unspecified atom stereocenters. The third-order valence-electron chi connectivity index (χ3n) is 4.67. The van der Waals surface area contributed by atoms with Gasteiger partial charge in [-0.25, -0.2) is 8.78 Å². The minimum Gasteiger partial charge on any atom is -0.484 e. The first-order valence-corrected chi connectivity index (χ1v) is 9.48. The second kappa shape index (κ2) is 8.80. The van der Waals surface area contributed by atoms with Gasteiger partial charge in [-0.1, -0.05) is 38.0 Å². The van der Waals surface area contributed by atoms with Gasteiger partial charge < -0.3 is 4.74 Å². The molecule has 0 aliphatic rings. The minimum atomic E-state index is -4.42. The molecular weight excluding hydrogens is 387 g/mol. The zero-order valence-electron chi connectivity index (χ0n) is 16.0. The molecule has 0 bridgehead atoms. The molecule has 0 radical (unpaired) electrons. The van der Waals surface area contributed by atoms with Crippen molar-refractivity contribution in [1.82, 2.24) is 0 Å². The van der Waals surface area contributed by atoms with Gasteiger partial charge >= 0.3 is 6.18 Å². The molecule has 6 heteroatoms. The summed E-state index contributed by atoms with van der Waals surface area (Å²) < 4.78 is 70.8. The van der Waals surface area contributed by atoms with Crippen molar-refractivity contribution in [2.24, 2.45) is 0 Å². The first-order chi connectivity index (χ1) is 13.8. The summed E-state index contributed by atoms with van der Waals surface area (Å²) in [4.78, 5) is 0. The van der Waals surface area contributed by atoms with Crippen LogP contribution in [-0.4, -0.2) is 12.8 Å². The van der Waals surface area contributed by atoms with Crippen molar-refractivity contribution < 1.29 is 26.7 Å². The quantitative estimate of drug-likeness (QED) is 0.291. The van der Waals surface area contributed by atoms with Gasteiger partial charge in [-0.15, -0.1) is 0 Å². The number of hydrogen-bond donors (Lipinski definition) is 0. The van der Waals surface area contributed by atoms with Crippen LogP contribution in [0.2, 0.25) is 0 Å². The number of ether oxygens (including phenoxy) is 1. The number of unbranched alkanes of at least 4 members (excludes halogenated alkanes) is 2. The topological polar surface area (TPSA) is 9.23 Å². The maximum absolute atomic E-state index is 14.6. The lowest BCUT2D eigenvalue weighted by Gasteiger charge is -2.11. The molecule has 0 fully saturated rings. The van der Waals surface area contributed by atoms with Crippen LogP contribution in [0.4, 0.5) is 22.0 Å². The maximum atomic E-state index is 14.6. The molecule has 0 aromatic heterocycles.